The molecule has 1 aliphatic carbocycles. The van der Waals surface area contributed by atoms with E-state index in [1.165, 1.54) is 54.8 Å². The summed E-state index contributed by atoms with van der Waals surface area (Å²) in [6, 6.07) is 4.26. The molecule has 2 heterocycles. The van der Waals surface area contributed by atoms with Crippen LogP contribution in [0.5, 0.6) is 0 Å². The standard InChI is InChI=1S/C19H22FN3O2/c20-14-7-8-16-15(10-14)19(25)22(12-21-16)11-18(24)23-9-3-6-17(23)13-4-1-2-5-13/h7-8,10,12-13,17H,1-6,9,11H2. The van der Waals surface area contributed by atoms with Gasteiger partial charge in [-0.25, -0.2) is 9.37 Å². The monoisotopic (exact) mass is 343 g/mol. The molecule has 25 heavy (non-hydrogen) atoms. The largest absolute Gasteiger partial charge is 0.338 e. The molecule has 1 aliphatic heterocycles. The Morgan fingerprint density at radius 1 is 1.20 bits per heavy atom. The highest BCUT2D eigenvalue weighted by molar-refractivity contribution is 5.79. The first-order valence-corrected chi connectivity index (χ1v) is 9.07. The van der Waals surface area contributed by atoms with E-state index in [1.807, 2.05) is 4.90 Å². The molecule has 5 nitrogen and oxygen atoms in total. The van der Waals surface area contributed by atoms with E-state index >= 15 is 0 Å². The molecule has 0 spiro atoms. The Kier molecular flexibility index (Phi) is 4.27. The highest BCUT2D eigenvalue weighted by atomic mass is 19.1. The van der Waals surface area contributed by atoms with E-state index in [4.69, 9.17) is 0 Å². The van der Waals surface area contributed by atoms with Crippen molar-refractivity contribution in [3.05, 3.63) is 40.7 Å². The first kappa shape index (κ1) is 16.2. The molecule has 1 saturated carbocycles. The van der Waals surface area contributed by atoms with E-state index in [0.717, 1.165) is 19.4 Å². The zero-order valence-electron chi connectivity index (χ0n) is 14.2. The summed E-state index contributed by atoms with van der Waals surface area (Å²) >= 11 is 0. The van der Waals surface area contributed by atoms with Crippen molar-refractivity contribution in [3.8, 4) is 0 Å². The van der Waals surface area contributed by atoms with E-state index in [9.17, 15) is 14.0 Å². The zero-order valence-corrected chi connectivity index (χ0v) is 14.2. The van der Waals surface area contributed by atoms with E-state index in [-0.39, 0.29) is 23.4 Å². The van der Waals surface area contributed by atoms with Crippen LogP contribution in [0.2, 0.25) is 0 Å². The summed E-state index contributed by atoms with van der Waals surface area (Å²) in [6.45, 7) is 0.742. The van der Waals surface area contributed by atoms with Gasteiger partial charge in [-0.2, -0.15) is 0 Å². The molecule has 0 bridgehead atoms. The Morgan fingerprint density at radius 3 is 2.80 bits per heavy atom. The first-order valence-electron chi connectivity index (χ1n) is 9.07. The molecule has 6 heteroatoms. The van der Waals surface area contributed by atoms with Crippen LogP contribution >= 0.6 is 0 Å². The molecule has 1 amide bonds. The van der Waals surface area contributed by atoms with Crippen LogP contribution in [-0.2, 0) is 11.3 Å². The number of aromatic nitrogens is 2. The molecule has 2 aliphatic rings. The fourth-order valence-electron chi connectivity index (χ4n) is 4.41. The number of halogens is 1. The summed E-state index contributed by atoms with van der Waals surface area (Å²) < 4.78 is 14.7. The topological polar surface area (TPSA) is 55.2 Å². The van der Waals surface area contributed by atoms with Crippen molar-refractivity contribution in [2.24, 2.45) is 5.92 Å². The van der Waals surface area contributed by atoms with Crippen molar-refractivity contribution < 1.29 is 9.18 Å². The third kappa shape index (κ3) is 3.05. The van der Waals surface area contributed by atoms with Gasteiger partial charge < -0.3 is 4.90 Å². The molecule has 132 valence electrons. The van der Waals surface area contributed by atoms with Gasteiger partial charge in [0.25, 0.3) is 5.56 Å². The molecule has 0 N–H and O–H groups in total. The number of carbonyl (C=O) groups is 1. The molecule has 2 aromatic rings. The average Bonchev–Trinajstić information content (AvgIpc) is 3.28. The minimum absolute atomic E-state index is 0.0263. The fraction of sp³-hybridized carbons (Fsp3) is 0.526. The summed E-state index contributed by atoms with van der Waals surface area (Å²) in [6.07, 6.45) is 8.39. The highest BCUT2D eigenvalue weighted by Gasteiger charge is 2.35. The van der Waals surface area contributed by atoms with Crippen LogP contribution in [0.3, 0.4) is 0 Å². The Hall–Kier alpha value is -2.24. The molecular formula is C19H22FN3O2. The van der Waals surface area contributed by atoms with Gasteiger partial charge in [-0.3, -0.25) is 14.2 Å². The number of rotatable bonds is 3. The maximum Gasteiger partial charge on any atom is 0.261 e. The van der Waals surface area contributed by atoms with Crippen LogP contribution in [0.4, 0.5) is 4.39 Å². The van der Waals surface area contributed by atoms with Crippen LogP contribution in [0.1, 0.15) is 38.5 Å². The second-order valence-electron chi connectivity index (χ2n) is 7.18. The third-order valence-electron chi connectivity index (χ3n) is 5.66. The lowest BCUT2D eigenvalue weighted by molar-refractivity contribution is -0.133. The number of amides is 1. The van der Waals surface area contributed by atoms with Gasteiger partial charge in [-0.15, -0.1) is 0 Å². The van der Waals surface area contributed by atoms with E-state index in [2.05, 4.69) is 4.98 Å². The van der Waals surface area contributed by atoms with Gasteiger partial charge >= 0.3 is 0 Å². The fourth-order valence-corrected chi connectivity index (χ4v) is 4.41. The van der Waals surface area contributed by atoms with Crippen molar-refractivity contribution in [2.45, 2.75) is 51.1 Å². The second-order valence-corrected chi connectivity index (χ2v) is 7.18. The minimum atomic E-state index is -0.476. The maximum absolute atomic E-state index is 13.4. The number of benzene rings is 1. The number of nitrogens with zero attached hydrogens (tertiary/aromatic N) is 3. The van der Waals surface area contributed by atoms with Crippen LogP contribution < -0.4 is 5.56 Å². The Labute approximate surface area is 145 Å². The van der Waals surface area contributed by atoms with Crippen LogP contribution in [0.25, 0.3) is 10.9 Å². The zero-order chi connectivity index (χ0) is 17.4. The van der Waals surface area contributed by atoms with E-state index < -0.39 is 5.82 Å². The molecule has 1 unspecified atom stereocenters. The number of carbonyl (C=O) groups excluding carboxylic acids is 1. The van der Waals surface area contributed by atoms with Gasteiger partial charge in [-0.1, -0.05) is 12.8 Å². The van der Waals surface area contributed by atoms with Gasteiger partial charge in [0.15, 0.2) is 0 Å². The predicted molar refractivity (Wildman–Crippen MR) is 92.7 cm³/mol. The summed E-state index contributed by atoms with van der Waals surface area (Å²) in [5.41, 5.74) is 0.0783. The third-order valence-corrected chi connectivity index (χ3v) is 5.66. The average molecular weight is 343 g/mol. The molecule has 4 rings (SSSR count). The number of hydrogen-bond acceptors (Lipinski definition) is 3. The SMILES string of the molecule is O=C(Cn1cnc2ccc(F)cc2c1=O)N1CCCC1C1CCCC1. The maximum atomic E-state index is 13.4. The molecule has 1 atom stereocenters. The molecular weight excluding hydrogens is 321 g/mol. The lowest BCUT2D eigenvalue weighted by atomic mass is 9.96. The van der Waals surface area contributed by atoms with Gasteiger partial charge in [0.1, 0.15) is 12.4 Å². The normalized spacial score (nSPS) is 21.3. The molecule has 1 saturated heterocycles. The van der Waals surface area contributed by atoms with Crippen molar-refractivity contribution >= 4 is 16.8 Å². The van der Waals surface area contributed by atoms with Gasteiger partial charge in [0.2, 0.25) is 5.91 Å². The summed E-state index contributed by atoms with van der Waals surface area (Å²) in [5, 5.41) is 0.212. The highest BCUT2D eigenvalue weighted by Crippen LogP contribution is 2.35. The molecule has 2 fully saturated rings. The Morgan fingerprint density at radius 2 is 2.00 bits per heavy atom. The van der Waals surface area contributed by atoms with Crippen molar-refractivity contribution in [1.29, 1.82) is 0 Å². The molecule has 0 radical (unpaired) electrons. The van der Waals surface area contributed by atoms with E-state index in [1.54, 1.807) is 0 Å². The minimum Gasteiger partial charge on any atom is -0.338 e. The molecule has 1 aromatic heterocycles. The van der Waals surface area contributed by atoms with Crippen molar-refractivity contribution in [3.63, 3.8) is 0 Å². The Balaban J connectivity index is 1.57. The number of likely N-dealkylation sites (tertiary alicyclic amines) is 1. The van der Waals surface area contributed by atoms with Crippen LogP contribution in [0, 0.1) is 11.7 Å². The van der Waals surface area contributed by atoms with Crippen molar-refractivity contribution in [1.82, 2.24) is 14.5 Å². The van der Waals surface area contributed by atoms with Crippen molar-refractivity contribution in [2.75, 3.05) is 6.54 Å². The summed E-state index contributed by atoms with van der Waals surface area (Å²) in [5.74, 6) is 0.0948. The number of hydrogen-bond donors (Lipinski definition) is 0. The van der Waals surface area contributed by atoms with Crippen LogP contribution in [0.15, 0.2) is 29.3 Å². The van der Waals surface area contributed by atoms with Gasteiger partial charge in [0, 0.05) is 12.6 Å². The lowest BCUT2D eigenvalue weighted by Gasteiger charge is -2.29. The molecule has 1 aromatic carbocycles. The second kappa shape index (κ2) is 6.58. The Bertz CT molecular complexity index is 857. The van der Waals surface area contributed by atoms with Gasteiger partial charge in [-0.05, 0) is 49.8 Å². The van der Waals surface area contributed by atoms with Crippen LogP contribution in [-0.4, -0.2) is 32.9 Å². The lowest BCUT2D eigenvalue weighted by Crippen LogP contribution is -2.42. The van der Waals surface area contributed by atoms with E-state index in [0.29, 0.717) is 17.5 Å². The predicted octanol–water partition coefficient (Wildman–Crippen LogP) is 2.72. The first-order chi connectivity index (χ1) is 12.1. The summed E-state index contributed by atoms with van der Waals surface area (Å²) in [7, 11) is 0. The number of fused-ring (bicyclic) bond motifs is 1. The summed E-state index contributed by atoms with van der Waals surface area (Å²) in [4.78, 5) is 31.5. The van der Waals surface area contributed by atoms with Gasteiger partial charge in [0.05, 0.1) is 17.2 Å². The smallest absolute Gasteiger partial charge is 0.261 e. The quantitative estimate of drug-likeness (QED) is 0.861.